The lowest BCUT2D eigenvalue weighted by Crippen LogP contribution is -2.30. The fourth-order valence-corrected chi connectivity index (χ4v) is 2.63. The molecule has 0 aliphatic carbocycles. The maximum absolute atomic E-state index is 13.0. The Balaban J connectivity index is 1.72. The van der Waals surface area contributed by atoms with Crippen molar-refractivity contribution in [1.82, 2.24) is 15.4 Å². The molecule has 32 heavy (non-hydrogen) atoms. The Morgan fingerprint density at radius 3 is 2.44 bits per heavy atom. The van der Waals surface area contributed by atoms with Crippen molar-refractivity contribution in [2.45, 2.75) is 19.8 Å². The molecule has 0 atom stereocenters. The number of carbonyl (C=O) groups excluding carboxylic acids is 1. The van der Waals surface area contributed by atoms with Crippen LogP contribution in [0.2, 0.25) is 0 Å². The number of amides is 1. The van der Waals surface area contributed by atoms with Crippen LogP contribution < -0.4 is 20.9 Å². The van der Waals surface area contributed by atoms with Gasteiger partial charge in [-0.3, -0.25) is 25.8 Å². The smallest absolute Gasteiger partial charge is 0.355 e. The first-order valence-electron chi connectivity index (χ1n) is 9.79. The van der Waals surface area contributed by atoms with Gasteiger partial charge in [0.25, 0.3) is 5.91 Å². The van der Waals surface area contributed by atoms with Gasteiger partial charge in [-0.1, -0.05) is 13.3 Å². The van der Waals surface area contributed by atoms with Crippen molar-refractivity contribution in [2.75, 3.05) is 17.3 Å². The third-order valence-corrected chi connectivity index (χ3v) is 4.29. The lowest BCUT2D eigenvalue weighted by molar-refractivity contribution is -0.383. The van der Waals surface area contributed by atoms with Crippen LogP contribution in [-0.4, -0.2) is 27.4 Å². The number of ether oxygens (including phenoxy) is 1. The summed E-state index contributed by atoms with van der Waals surface area (Å²) in [6.45, 7) is 2.68. The second-order valence-corrected chi connectivity index (χ2v) is 6.61. The van der Waals surface area contributed by atoms with E-state index in [1.807, 2.05) is 0 Å². The molecule has 0 aliphatic heterocycles. The fourth-order valence-electron chi connectivity index (χ4n) is 2.63. The average Bonchev–Trinajstić information content (AvgIpc) is 2.79. The average molecular weight is 440 g/mol. The molecule has 2 aromatic carbocycles. The number of nitrogens with one attached hydrogen (secondary N) is 3. The Morgan fingerprint density at radius 1 is 1.09 bits per heavy atom. The topological polar surface area (TPSA) is 131 Å². The summed E-state index contributed by atoms with van der Waals surface area (Å²) in [6, 6.07) is 11.7. The summed E-state index contributed by atoms with van der Waals surface area (Å²) in [6.07, 6.45) is 3.09. The molecule has 3 N–H and O–H groups in total. The summed E-state index contributed by atoms with van der Waals surface area (Å²) in [5.74, 6) is -0.707. The number of halogens is 1. The third kappa shape index (κ3) is 5.88. The number of benzene rings is 2. The molecule has 0 aliphatic rings. The minimum atomic E-state index is -0.670. The van der Waals surface area contributed by atoms with Crippen molar-refractivity contribution in [3.63, 3.8) is 0 Å². The first-order chi connectivity index (χ1) is 15.5. The Morgan fingerprint density at radius 2 is 1.78 bits per heavy atom. The van der Waals surface area contributed by atoms with Gasteiger partial charge in [-0.05, 0) is 55.0 Å². The minimum Gasteiger partial charge on any atom is -0.494 e. The quantitative estimate of drug-likeness (QED) is 0.243. The van der Waals surface area contributed by atoms with E-state index in [9.17, 15) is 19.3 Å². The lowest BCUT2D eigenvalue weighted by Gasteiger charge is -2.11. The molecule has 0 bridgehead atoms. The van der Waals surface area contributed by atoms with Crippen molar-refractivity contribution < 1.29 is 18.8 Å². The van der Waals surface area contributed by atoms with E-state index >= 15 is 0 Å². The van der Waals surface area contributed by atoms with Crippen LogP contribution in [0.3, 0.4) is 0 Å². The third-order valence-electron chi connectivity index (χ3n) is 4.29. The second-order valence-electron chi connectivity index (χ2n) is 6.61. The number of carbonyl (C=O) groups is 1. The zero-order valence-electron chi connectivity index (χ0n) is 17.2. The van der Waals surface area contributed by atoms with Crippen LogP contribution in [0.4, 0.5) is 27.4 Å². The van der Waals surface area contributed by atoms with Crippen LogP contribution in [0.25, 0.3) is 0 Å². The first-order valence-corrected chi connectivity index (χ1v) is 9.79. The molecule has 3 aromatic rings. The van der Waals surface area contributed by atoms with E-state index in [-0.39, 0.29) is 17.2 Å². The fraction of sp³-hybridized carbons (Fsp3) is 0.190. The summed E-state index contributed by atoms with van der Waals surface area (Å²) in [5, 5.41) is 14.5. The van der Waals surface area contributed by atoms with Crippen LogP contribution in [-0.2, 0) is 0 Å². The maximum atomic E-state index is 13.0. The molecule has 1 amide bonds. The Bertz CT molecular complexity index is 1080. The molecule has 0 spiro atoms. The van der Waals surface area contributed by atoms with Crippen LogP contribution in [0.1, 0.15) is 30.1 Å². The van der Waals surface area contributed by atoms with E-state index in [1.165, 1.54) is 12.1 Å². The monoisotopic (exact) mass is 440 g/mol. The van der Waals surface area contributed by atoms with E-state index in [1.54, 1.807) is 24.3 Å². The number of rotatable bonds is 10. The van der Waals surface area contributed by atoms with Gasteiger partial charge < -0.3 is 10.1 Å². The van der Waals surface area contributed by atoms with E-state index < -0.39 is 22.3 Å². The summed E-state index contributed by atoms with van der Waals surface area (Å²) >= 11 is 0. The Labute approximate surface area is 183 Å². The largest absolute Gasteiger partial charge is 0.494 e. The zero-order valence-corrected chi connectivity index (χ0v) is 17.2. The number of hydrogen-bond donors (Lipinski definition) is 3. The van der Waals surface area contributed by atoms with Gasteiger partial charge in [0, 0.05) is 11.3 Å². The van der Waals surface area contributed by atoms with E-state index in [0.29, 0.717) is 18.0 Å². The molecule has 166 valence electrons. The Hall–Kier alpha value is -4.28. The summed E-state index contributed by atoms with van der Waals surface area (Å²) in [7, 11) is 0. The standard InChI is InChI=1S/C21H21FN6O4/c1-2-3-12-32-17-10-8-16(9-11-17)25-19-18(28(30)31)20(24-13-23-19)26-27-21(29)14-4-6-15(22)7-5-14/h4-11,13H,2-3,12H2,1H3,(H,27,29)(H2,23,24,25,26). The number of unbranched alkanes of at least 4 members (excludes halogenated alkanes) is 1. The number of nitrogens with zero attached hydrogens (tertiary/aromatic N) is 3. The minimum absolute atomic E-state index is 0.0665. The van der Waals surface area contributed by atoms with Gasteiger partial charge in [0.05, 0.1) is 11.5 Å². The van der Waals surface area contributed by atoms with Gasteiger partial charge in [0.1, 0.15) is 17.9 Å². The molecule has 0 radical (unpaired) electrons. The predicted molar refractivity (Wildman–Crippen MR) is 116 cm³/mol. The highest BCUT2D eigenvalue weighted by Crippen LogP contribution is 2.31. The molecule has 0 fully saturated rings. The predicted octanol–water partition coefficient (Wildman–Crippen LogP) is 4.20. The molecule has 0 saturated carbocycles. The van der Waals surface area contributed by atoms with E-state index in [4.69, 9.17) is 4.74 Å². The summed E-state index contributed by atoms with van der Waals surface area (Å²) in [4.78, 5) is 30.9. The zero-order chi connectivity index (χ0) is 22.9. The molecular weight excluding hydrogens is 419 g/mol. The van der Waals surface area contributed by atoms with Gasteiger partial charge >= 0.3 is 5.69 Å². The van der Waals surface area contributed by atoms with Gasteiger partial charge in [-0.15, -0.1) is 0 Å². The molecule has 1 heterocycles. The highest BCUT2D eigenvalue weighted by Gasteiger charge is 2.23. The number of aromatic nitrogens is 2. The first kappa shape index (κ1) is 22.4. The van der Waals surface area contributed by atoms with Gasteiger partial charge in [0.15, 0.2) is 0 Å². The van der Waals surface area contributed by atoms with E-state index in [0.717, 1.165) is 31.3 Å². The molecule has 0 unspecified atom stereocenters. The van der Waals surface area contributed by atoms with Crippen LogP contribution >= 0.6 is 0 Å². The van der Waals surface area contributed by atoms with Crippen molar-refractivity contribution >= 4 is 28.9 Å². The molecule has 0 saturated heterocycles. The highest BCUT2D eigenvalue weighted by atomic mass is 19.1. The van der Waals surface area contributed by atoms with Gasteiger partial charge in [0.2, 0.25) is 11.6 Å². The van der Waals surface area contributed by atoms with Crippen molar-refractivity contribution in [1.29, 1.82) is 0 Å². The van der Waals surface area contributed by atoms with Gasteiger partial charge in [-0.2, -0.15) is 0 Å². The van der Waals surface area contributed by atoms with Crippen LogP contribution in [0, 0.1) is 15.9 Å². The van der Waals surface area contributed by atoms with Crippen LogP contribution in [0.15, 0.2) is 54.9 Å². The lowest BCUT2D eigenvalue weighted by atomic mass is 10.2. The highest BCUT2D eigenvalue weighted by molar-refractivity contribution is 5.95. The molecule has 10 nitrogen and oxygen atoms in total. The molecule has 3 rings (SSSR count). The van der Waals surface area contributed by atoms with Gasteiger partial charge in [-0.25, -0.2) is 14.4 Å². The SMILES string of the molecule is CCCCOc1ccc(Nc2ncnc(NNC(=O)c3ccc(F)cc3)c2[N+](=O)[O-])cc1. The van der Waals surface area contributed by atoms with E-state index in [2.05, 4.69) is 33.1 Å². The van der Waals surface area contributed by atoms with Crippen molar-refractivity contribution in [2.24, 2.45) is 0 Å². The van der Waals surface area contributed by atoms with Crippen molar-refractivity contribution in [3.05, 3.63) is 76.4 Å². The Kier molecular flexibility index (Phi) is 7.46. The molecular formula is C21H21FN6O4. The number of nitro groups is 1. The summed E-state index contributed by atoms with van der Waals surface area (Å²) in [5.41, 5.74) is 4.98. The molecule has 11 heteroatoms. The number of hydrogen-bond acceptors (Lipinski definition) is 8. The second kappa shape index (κ2) is 10.7. The number of hydrazine groups is 1. The van der Waals surface area contributed by atoms with Crippen LogP contribution in [0.5, 0.6) is 5.75 Å². The maximum Gasteiger partial charge on any atom is 0.355 e. The number of anilines is 3. The van der Waals surface area contributed by atoms with Crippen molar-refractivity contribution in [3.8, 4) is 5.75 Å². The molecule has 1 aromatic heterocycles. The summed E-state index contributed by atoms with van der Waals surface area (Å²) < 4.78 is 18.6. The normalized spacial score (nSPS) is 10.3.